The SMILES string of the molecule is CCNS(=O)(=O)c1ccc(CCC(=O)N(Cc2ccc(F)cc2)[C@H](C(=O)NCc2ccccc2OC)c2ccccc2)cc1. The van der Waals surface area contributed by atoms with E-state index in [1.54, 1.807) is 62.6 Å². The van der Waals surface area contributed by atoms with E-state index in [0.717, 1.165) is 11.1 Å². The predicted octanol–water partition coefficient (Wildman–Crippen LogP) is 5.15. The molecule has 8 nitrogen and oxygen atoms in total. The Kier molecular flexibility index (Phi) is 11.2. The largest absolute Gasteiger partial charge is 0.496 e. The second-order valence-corrected chi connectivity index (χ2v) is 11.9. The van der Waals surface area contributed by atoms with Gasteiger partial charge in [-0.2, -0.15) is 0 Å². The number of ether oxygens (including phenoxy) is 1. The molecule has 2 amide bonds. The van der Waals surface area contributed by atoms with Gasteiger partial charge in [0.15, 0.2) is 0 Å². The number of hydrogen-bond acceptors (Lipinski definition) is 5. The molecule has 0 aliphatic heterocycles. The van der Waals surface area contributed by atoms with E-state index in [2.05, 4.69) is 10.0 Å². The number of amides is 2. The number of sulfonamides is 1. The highest BCUT2D eigenvalue weighted by molar-refractivity contribution is 7.89. The minimum atomic E-state index is -3.60. The van der Waals surface area contributed by atoms with Gasteiger partial charge in [0.05, 0.1) is 12.0 Å². The van der Waals surface area contributed by atoms with Gasteiger partial charge in [-0.1, -0.05) is 79.7 Å². The van der Waals surface area contributed by atoms with E-state index in [1.807, 2.05) is 30.3 Å². The molecular weight excluding hydrogens is 581 g/mol. The van der Waals surface area contributed by atoms with Crippen molar-refractivity contribution in [2.75, 3.05) is 13.7 Å². The summed E-state index contributed by atoms with van der Waals surface area (Å²) >= 11 is 0. The van der Waals surface area contributed by atoms with Gasteiger partial charge < -0.3 is 15.0 Å². The first-order valence-corrected chi connectivity index (χ1v) is 15.8. The second kappa shape index (κ2) is 15.3. The van der Waals surface area contributed by atoms with Crippen LogP contribution in [0.1, 0.15) is 41.6 Å². The smallest absolute Gasteiger partial charge is 0.247 e. The number of carbonyl (C=O) groups excluding carboxylic acids is 2. The predicted molar refractivity (Wildman–Crippen MR) is 167 cm³/mol. The molecule has 0 aliphatic rings. The van der Waals surface area contributed by atoms with Crippen LogP contribution in [0.3, 0.4) is 0 Å². The van der Waals surface area contributed by atoms with Gasteiger partial charge in [0.25, 0.3) is 0 Å². The highest BCUT2D eigenvalue weighted by Gasteiger charge is 2.31. The van der Waals surface area contributed by atoms with Crippen molar-refractivity contribution in [3.8, 4) is 5.75 Å². The average Bonchev–Trinajstić information content (AvgIpc) is 3.04. The number of methoxy groups -OCH3 is 1. The van der Waals surface area contributed by atoms with Crippen molar-refractivity contribution < 1.29 is 27.1 Å². The van der Waals surface area contributed by atoms with Crippen molar-refractivity contribution >= 4 is 21.8 Å². The van der Waals surface area contributed by atoms with Crippen LogP contribution in [0.5, 0.6) is 5.75 Å². The van der Waals surface area contributed by atoms with Gasteiger partial charge in [-0.3, -0.25) is 9.59 Å². The Hall–Kier alpha value is -4.54. The summed E-state index contributed by atoms with van der Waals surface area (Å²) in [4.78, 5) is 29.5. The van der Waals surface area contributed by atoms with E-state index < -0.39 is 21.9 Å². The maximum atomic E-state index is 13.9. The normalized spacial score (nSPS) is 11.9. The summed E-state index contributed by atoms with van der Waals surface area (Å²) in [6, 6.07) is 27.6. The van der Waals surface area contributed by atoms with Crippen LogP contribution in [-0.2, 0) is 39.1 Å². The number of halogens is 1. The Labute approximate surface area is 257 Å². The molecule has 4 aromatic carbocycles. The quantitative estimate of drug-likeness (QED) is 0.204. The molecule has 44 heavy (non-hydrogen) atoms. The lowest BCUT2D eigenvalue weighted by atomic mass is 10.0. The first-order valence-electron chi connectivity index (χ1n) is 14.3. The maximum absolute atomic E-state index is 13.9. The van der Waals surface area contributed by atoms with Gasteiger partial charge in [-0.15, -0.1) is 0 Å². The van der Waals surface area contributed by atoms with Crippen LogP contribution < -0.4 is 14.8 Å². The van der Waals surface area contributed by atoms with E-state index in [9.17, 15) is 22.4 Å². The van der Waals surface area contributed by atoms with Gasteiger partial charge in [0.1, 0.15) is 17.6 Å². The molecule has 0 saturated heterocycles. The Morgan fingerprint density at radius 3 is 2.16 bits per heavy atom. The fourth-order valence-electron chi connectivity index (χ4n) is 4.85. The van der Waals surface area contributed by atoms with Gasteiger partial charge in [-0.25, -0.2) is 17.5 Å². The summed E-state index contributed by atoms with van der Waals surface area (Å²) in [5, 5.41) is 2.97. The molecule has 230 valence electrons. The summed E-state index contributed by atoms with van der Waals surface area (Å²) < 4.78 is 46.2. The van der Waals surface area contributed by atoms with E-state index in [-0.39, 0.29) is 42.8 Å². The monoisotopic (exact) mass is 617 g/mol. The fourth-order valence-corrected chi connectivity index (χ4v) is 5.89. The molecule has 0 heterocycles. The highest BCUT2D eigenvalue weighted by Crippen LogP contribution is 2.26. The summed E-state index contributed by atoms with van der Waals surface area (Å²) in [5.41, 5.74) is 2.84. The fraction of sp³-hybridized carbons (Fsp3) is 0.235. The van der Waals surface area contributed by atoms with Gasteiger partial charge in [0.2, 0.25) is 21.8 Å². The molecule has 2 N–H and O–H groups in total. The Bertz CT molecular complexity index is 1650. The van der Waals surface area contributed by atoms with Gasteiger partial charge in [-0.05, 0) is 53.4 Å². The molecule has 0 aliphatic carbocycles. The summed E-state index contributed by atoms with van der Waals surface area (Å²) in [6.07, 6.45) is 0.383. The molecular formula is C34H36FN3O5S. The lowest BCUT2D eigenvalue weighted by molar-refractivity contribution is -0.141. The van der Waals surface area contributed by atoms with Crippen LogP contribution >= 0.6 is 0 Å². The number of hydrogen-bond donors (Lipinski definition) is 2. The average molecular weight is 618 g/mol. The first kappa shape index (κ1) is 32.4. The summed E-state index contributed by atoms with van der Waals surface area (Å²) in [5.74, 6) is -0.441. The number of para-hydroxylation sites is 1. The zero-order valence-corrected chi connectivity index (χ0v) is 25.5. The minimum Gasteiger partial charge on any atom is -0.496 e. The van der Waals surface area contributed by atoms with Crippen molar-refractivity contribution in [1.82, 2.24) is 14.9 Å². The lowest BCUT2D eigenvalue weighted by Crippen LogP contribution is -2.43. The third kappa shape index (κ3) is 8.52. The molecule has 0 saturated carbocycles. The van der Waals surface area contributed by atoms with Crippen molar-refractivity contribution in [3.05, 3.63) is 131 Å². The lowest BCUT2D eigenvalue weighted by Gasteiger charge is -2.32. The summed E-state index contributed by atoms with van der Waals surface area (Å²) in [6.45, 7) is 2.24. The molecule has 1 atom stereocenters. The molecule has 0 spiro atoms. The number of aryl methyl sites for hydroxylation is 1. The molecule has 0 aromatic heterocycles. The Balaban J connectivity index is 1.61. The van der Waals surface area contributed by atoms with Crippen LogP contribution in [0.15, 0.2) is 108 Å². The van der Waals surface area contributed by atoms with Crippen LogP contribution in [0.25, 0.3) is 0 Å². The summed E-state index contributed by atoms with van der Waals surface area (Å²) in [7, 11) is -2.03. The Morgan fingerprint density at radius 1 is 0.864 bits per heavy atom. The molecule has 0 unspecified atom stereocenters. The Morgan fingerprint density at radius 2 is 1.50 bits per heavy atom. The van der Waals surface area contributed by atoms with Gasteiger partial charge in [0, 0.05) is 31.6 Å². The number of nitrogens with zero attached hydrogens (tertiary/aromatic N) is 1. The van der Waals surface area contributed by atoms with Crippen LogP contribution in [0, 0.1) is 5.82 Å². The molecule has 10 heteroatoms. The number of carbonyl (C=O) groups is 2. The molecule has 4 aromatic rings. The van der Waals surface area contributed by atoms with Gasteiger partial charge >= 0.3 is 0 Å². The van der Waals surface area contributed by atoms with E-state index in [1.165, 1.54) is 29.2 Å². The third-order valence-corrected chi connectivity index (χ3v) is 8.66. The van der Waals surface area contributed by atoms with Crippen LogP contribution in [0.2, 0.25) is 0 Å². The number of nitrogens with one attached hydrogen (secondary N) is 2. The third-order valence-electron chi connectivity index (χ3n) is 7.10. The second-order valence-electron chi connectivity index (χ2n) is 10.1. The maximum Gasteiger partial charge on any atom is 0.247 e. The van der Waals surface area contributed by atoms with Crippen molar-refractivity contribution in [3.63, 3.8) is 0 Å². The van der Waals surface area contributed by atoms with E-state index in [0.29, 0.717) is 23.3 Å². The topological polar surface area (TPSA) is 105 Å². The number of rotatable bonds is 14. The van der Waals surface area contributed by atoms with Crippen LogP contribution in [-0.4, -0.2) is 38.8 Å². The molecule has 4 rings (SSSR count). The van der Waals surface area contributed by atoms with Crippen LogP contribution in [0.4, 0.5) is 4.39 Å². The molecule has 0 radical (unpaired) electrons. The minimum absolute atomic E-state index is 0.0591. The first-order chi connectivity index (χ1) is 21.2. The standard InChI is InChI=1S/C34H36FN3O5S/c1-3-37-44(41,42)30-20-15-25(16-21-30)17-22-32(39)38(24-26-13-18-29(35)19-14-26)33(27-9-5-4-6-10-27)34(40)36-23-28-11-7-8-12-31(28)43-2/h4-16,18-21,33,37H,3,17,22-24H2,1-2H3,(H,36,40)/t33-/m0/s1. The van der Waals surface area contributed by atoms with Crippen molar-refractivity contribution in [2.45, 2.75) is 43.8 Å². The zero-order valence-electron chi connectivity index (χ0n) is 24.7. The van der Waals surface area contributed by atoms with Crippen molar-refractivity contribution in [2.24, 2.45) is 0 Å². The van der Waals surface area contributed by atoms with E-state index in [4.69, 9.17) is 4.74 Å². The van der Waals surface area contributed by atoms with Crippen molar-refractivity contribution in [1.29, 1.82) is 0 Å². The number of benzene rings is 4. The molecule has 0 bridgehead atoms. The van der Waals surface area contributed by atoms with E-state index >= 15 is 0 Å². The molecule has 0 fully saturated rings. The zero-order chi connectivity index (χ0) is 31.5. The highest BCUT2D eigenvalue weighted by atomic mass is 32.2.